The molecule has 0 fully saturated rings. The van der Waals surface area contributed by atoms with Gasteiger partial charge in [-0.15, -0.1) is 0 Å². The quantitative estimate of drug-likeness (QED) is 0.565. The van der Waals surface area contributed by atoms with Crippen molar-refractivity contribution in [2.24, 2.45) is 0 Å². The summed E-state index contributed by atoms with van der Waals surface area (Å²) in [5.74, 6) is 0.833. The molecule has 3 nitrogen and oxygen atoms in total. The van der Waals surface area contributed by atoms with Crippen LogP contribution in [0.1, 0.15) is 28.0 Å². The largest absolute Gasteiger partial charge is 0.497 e. The molecule has 2 atom stereocenters. The van der Waals surface area contributed by atoms with E-state index in [9.17, 15) is 0 Å². The zero-order chi connectivity index (χ0) is 19.1. The summed E-state index contributed by atoms with van der Waals surface area (Å²) in [6.07, 6.45) is 2.13. The van der Waals surface area contributed by atoms with E-state index in [-0.39, 0.29) is 11.3 Å². The number of ether oxygens (including phenoxy) is 1. The summed E-state index contributed by atoms with van der Waals surface area (Å²) < 4.78 is 5.26. The molecule has 0 unspecified atom stereocenters. The molecule has 0 saturated heterocycles. The molecule has 0 aliphatic rings. The Balaban J connectivity index is 1.97. The number of anilines is 1. The Morgan fingerprint density at radius 2 is 1.56 bits per heavy atom. The first kappa shape index (κ1) is 18.9. The molecule has 0 bridgehead atoms. The number of nitrogens with one attached hydrogen (secondary N) is 1. The fraction of sp³-hybridized carbons (Fsp3) is 0.174. The van der Waals surface area contributed by atoms with Gasteiger partial charge in [-0.25, -0.2) is 0 Å². The van der Waals surface area contributed by atoms with Crippen LogP contribution in [0.15, 0.2) is 78.9 Å². The van der Waals surface area contributed by atoms with Gasteiger partial charge in [-0.05, 0) is 53.8 Å². The molecular formula is C23H22N2OS. The molecule has 0 heterocycles. The molecule has 0 aliphatic heterocycles. The standard InChI is InChI=1S/C23H22N2OS/c1-26-21-14-12-20(13-15-21)25-22(18-10-8-17(16-24)9-11-18)23(27-2)19-6-4-3-5-7-19/h3-15,22-23,25H,1-2H3/t22-,23-/m0/s1. The van der Waals surface area contributed by atoms with E-state index in [0.717, 1.165) is 17.0 Å². The monoisotopic (exact) mass is 374 g/mol. The van der Waals surface area contributed by atoms with Crippen molar-refractivity contribution in [3.63, 3.8) is 0 Å². The summed E-state index contributed by atoms with van der Waals surface area (Å²) in [5, 5.41) is 13.0. The van der Waals surface area contributed by atoms with Crippen molar-refractivity contribution in [1.82, 2.24) is 0 Å². The minimum absolute atomic E-state index is 0.0588. The molecule has 3 aromatic carbocycles. The second-order valence-electron chi connectivity index (χ2n) is 6.15. The van der Waals surface area contributed by atoms with Gasteiger partial charge in [0.25, 0.3) is 0 Å². The zero-order valence-corrected chi connectivity index (χ0v) is 16.2. The predicted octanol–water partition coefficient (Wildman–Crippen LogP) is 5.82. The fourth-order valence-corrected chi connectivity index (χ4v) is 4.00. The Hall–Kier alpha value is -2.90. The van der Waals surface area contributed by atoms with Gasteiger partial charge < -0.3 is 10.1 Å². The van der Waals surface area contributed by atoms with Crippen LogP contribution in [0.25, 0.3) is 0 Å². The third-order valence-electron chi connectivity index (χ3n) is 4.50. The molecule has 4 heteroatoms. The highest BCUT2D eigenvalue weighted by atomic mass is 32.2. The summed E-state index contributed by atoms with van der Waals surface area (Å²) in [5.41, 5.74) is 4.11. The van der Waals surface area contributed by atoms with Gasteiger partial charge in [-0.3, -0.25) is 0 Å². The Labute approximate surface area is 165 Å². The maximum Gasteiger partial charge on any atom is 0.119 e. The number of hydrogen-bond donors (Lipinski definition) is 1. The summed E-state index contributed by atoms with van der Waals surface area (Å²) in [6.45, 7) is 0. The van der Waals surface area contributed by atoms with Crippen LogP contribution in [-0.2, 0) is 0 Å². The van der Waals surface area contributed by atoms with Gasteiger partial charge in [-0.1, -0.05) is 42.5 Å². The third-order valence-corrected chi connectivity index (χ3v) is 5.55. The number of thioether (sulfide) groups is 1. The highest BCUT2D eigenvalue weighted by Crippen LogP contribution is 2.41. The van der Waals surface area contributed by atoms with E-state index < -0.39 is 0 Å². The molecule has 3 rings (SSSR count). The van der Waals surface area contributed by atoms with Crippen molar-refractivity contribution >= 4 is 17.4 Å². The maximum absolute atomic E-state index is 9.10. The van der Waals surface area contributed by atoms with Crippen molar-refractivity contribution in [3.05, 3.63) is 95.6 Å². The van der Waals surface area contributed by atoms with E-state index in [1.807, 2.05) is 66.4 Å². The van der Waals surface area contributed by atoms with Gasteiger partial charge in [0.15, 0.2) is 0 Å². The molecule has 0 radical (unpaired) electrons. The minimum Gasteiger partial charge on any atom is -0.497 e. The second kappa shape index (κ2) is 9.16. The van der Waals surface area contributed by atoms with Gasteiger partial charge in [0.1, 0.15) is 5.75 Å². The van der Waals surface area contributed by atoms with E-state index in [1.165, 1.54) is 5.56 Å². The van der Waals surface area contributed by atoms with Gasteiger partial charge in [0.05, 0.1) is 30.0 Å². The molecule has 0 spiro atoms. The molecule has 0 amide bonds. The number of nitriles is 1. The highest BCUT2D eigenvalue weighted by Gasteiger charge is 2.24. The number of hydrogen-bond acceptors (Lipinski definition) is 4. The molecule has 136 valence electrons. The summed E-state index contributed by atoms with van der Waals surface area (Å²) in [7, 11) is 1.67. The summed E-state index contributed by atoms with van der Waals surface area (Å²) in [4.78, 5) is 0. The van der Waals surface area contributed by atoms with E-state index >= 15 is 0 Å². The number of rotatable bonds is 7. The van der Waals surface area contributed by atoms with Crippen molar-refractivity contribution in [1.29, 1.82) is 5.26 Å². The average molecular weight is 375 g/mol. The molecule has 27 heavy (non-hydrogen) atoms. The lowest BCUT2D eigenvalue weighted by Gasteiger charge is -2.29. The third kappa shape index (κ3) is 4.64. The van der Waals surface area contributed by atoms with Crippen LogP contribution in [0.2, 0.25) is 0 Å². The molecule has 0 saturated carbocycles. The molecule has 1 N–H and O–H groups in total. The smallest absolute Gasteiger partial charge is 0.119 e. The molecular weight excluding hydrogens is 352 g/mol. The topological polar surface area (TPSA) is 45.0 Å². The van der Waals surface area contributed by atoms with Gasteiger partial charge >= 0.3 is 0 Å². The highest BCUT2D eigenvalue weighted by molar-refractivity contribution is 7.98. The van der Waals surface area contributed by atoms with E-state index in [1.54, 1.807) is 7.11 Å². The normalized spacial score (nSPS) is 12.6. The van der Waals surface area contributed by atoms with Crippen LogP contribution in [0.5, 0.6) is 5.75 Å². The van der Waals surface area contributed by atoms with Crippen molar-refractivity contribution in [3.8, 4) is 11.8 Å². The minimum atomic E-state index is 0.0588. The van der Waals surface area contributed by atoms with Crippen LogP contribution in [0, 0.1) is 11.3 Å². The number of benzene rings is 3. The van der Waals surface area contributed by atoms with Gasteiger partial charge in [-0.2, -0.15) is 17.0 Å². The summed E-state index contributed by atoms with van der Waals surface area (Å²) in [6, 6.07) is 28.5. The maximum atomic E-state index is 9.10. The van der Waals surface area contributed by atoms with Gasteiger partial charge in [0, 0.05) is 5.69 Å². The predicted molar refractivity (Wildman–Crippen MR) is 113 cm³/mol. The first-order chi connectivity index (χ1) is 13.2. The Morgan fingerprint density at radius 3 is 2.11 bits per heavy atom. The SMILES string of the molecule is COc1ccc(N[C@@H](c2ccc(C#N)cc2)[C@@H](SC)c2ccccc2)cc1. The van der Waals surface area contributed by atoms with Crippen molar-refractivity contribution < 1.29 is 4.74 Å². The Bertz CT molecular complexity index is 886. The van der Waals surface area contributed by atoms with E-state index in [2.05, 4.69) is 41.9 Å². The van der Waals surface area contributed by atoms with E-state index in [0.29, 0.717) is 5.56 Å². The number of methoxy groups -OCH3 is 1. The molecule has 0 aliphatic carbocycles. The lowest BCUT2D eigenvalue weighted by Crippen LogP contribution is -2.17. The Morgan fingerprint density at radius 1 is 0.889 bits per heavy atom. The van der Waals surface area contributed by atoms with Crippen molar-refractivity contribution in [2.45, 2.75) is 11.3 Å². The fourth-order valence-electron chi connectivity index (χ4n) is 3.07. The van der Waals surface area contributed by atoms with Gasteiger partial charge in [0.2, 0.25) is 0 Å². The lowest BCUT2D eigenvalue weighted by atomic mass is 9.97. The molecule has 3 aromatic rings. The van der Waals surface area contributed by atoms with Crippen LogP contribution in [-0.4, -0.2) is 13.4 Å². The van der Waals surface area contributed by atoms with Crippen LogP contribution in [0.4, 0.5) is 5.69 Å². The first-order valence-corrected chi connectivity index (χ1v) is 10.0. The second-order valence-corrected chi connectivity index (χ2v) is 7.13. The molecule has 0 aromatic heterocycles. The van der Waals surface area contributed by atoms with Crippen LogP contribution in [0.3, 0.4) is 0 Å². The lowest BCUT2D eigenvalue weighted by molar-refractivity contribution is 0.415. The first-order valence-electron chi connectivity index (χ1n) is 8.73. The Kier molecular flexibility index (Phi) is 6.40. The van der Waals surface area contributed by atoms with Crippen molar-refractivity contribution in [2.75, 3.05) is 18.7 Å². The van der Waals surface area contributed by atoms with Crippen LogP contribution >= 0.6 is 11.8 Å². The number of nitrogens with zero attached hydrogens (tertiary/aromatic N) is 1. The average Bonchev–Trinajstić information content (AvgIpc) is 2.75. The van der Waals surface area contributed by atoms with Crippen LogP contribution < -0.4 is 10.1 Å². The van der Waals surface area contributed by atoms with E-state index in [4.69, 9.17) is 10.00 Å². The zero-order valence-electron chi connectivity index (χ0n) is 15.4. The summed E-state index contributed by atoms with van der Waals surface area (Å²) >= 11 is 1.81.